The van der Waals surface area contributed by atoms with E-state index in [1.54, 1.807) is 19.1 Å². The zero-order chi connectivity index (χ0) is 9.35. The minimum atomic E-state index is -2.76. The number of aryl methyl sites for hydroxylation is 1. The monoisotopic (exact) mass is 234 g/mol. The summed E-state index contributed by atoms with van der Waals surface area (Å²) in [5.41, 5.74) is 0.697. The molecule has 0 spiro atoms. The van der Waals surface area contributed by atoms with Crippen molar-refractivity contribution in [3.63, 3.8) is 0 Å². The van der Waals surface area contributed by atoms with Gasteiger partial charge in [0.15, 0.2) is 0 Å². The fourth-order valence-electron chi connectivity index (χ4n) is 1.07. The molecule has 1 rings (SSSR count). The van der Waals surface area contributed by atoms with Gasteiger partial charge in [0.2, 0.25) is 0 Å². The molecule has 1 aromatic carbocycles. The van der Waals surface area contributed by atoms with Crippen LogP contribution in [0.3, 0.4) is 0 Å². The molecule has 0 aliphatic carbocycles. The molecule has 66 valence electrons. The predicted octanol–water partition coefficient (Wildman–Crippen LogP) is 3.87. The Bertz CT molecular complexity index is 289. The van der Waals surface area contributed by atoms with Gasteiger partial charge in [0.1, 0.15) is 0 Å². The Kier molecular flexibility index (Phi) is 2.52. The van der Waals surface area contributed by atoms with E-state index < -0.39 is 5.92 Å². The van der Waals surface area contributed by atoms with Crippen LogP contribution in [0.5, 0.6) is 0 Å². The van der Waals surface area contributed by atoms with E-state index in [1.807, 2.05) is 0 Å². The van der Waals surface area contributed by atoms with Crippen LogP contribution >= 0.6 is 15.9 Å². The van der Waals surface area contributed by atoms with Gasteiger partial charge in [0.25, 0.3) is 5.92 Å². The molecule has 0 heterocycles. The highest BCUT2D eigenvalue weighted by atomic mass is 79.9. The maximum absolute atomic E-state index is 12.9. The summed E-state index contributed by atoms with van der Waals surface area (Å²) in [6, 6.07) is 4.89. The average Bonchev–Trinajstić information content (AvgIpc) is 1.92. The molecule has 0 aliphatic heterocycles. The molecule has 0 fully saturated rings. The Labute approximate surface area is 78.7 Å². The lowest BCUT2D eigenvalue weighted by Gasteiger charge is -2.13. The molecule has 0 unspecified atom stereocenters. The summed E-state index contributed by atoms with van der Waals surface area (Å²) in [6.07, 6.45) is 0. The molecule has 0 aromatic heterocycles. The Morgan fingerprint density at radius 2 is 1.92 bits per heavy atom. The molecule has 0 nitrogen and oxygen atoms in total. The fraction of sp³-hybridized carbons (Fsp3) is 0.333. The van der Waals surface area contributed by atoms with Crippen LogP contribution in [0.15, 0.2) is 22.7 Å². The molecule has 0 amide bonds. The summed E-state index contributed by atoms with van der Waals surface area (Å²) in [7, 11) is 0. The minimum absolute atomic E-state index is 0.0804. The first-order valence-corrected chi connectivity index (χ1v) is 4.35. The van der Waals surface area contributed by atoms with E-state index in [9.17, 15) is 8.78 Å². The molecule has 3 heteroatoms. The van der Waals surface area contributed by atoms with E-state index in [0.717, 1.165) is 6.92 Å². The van der Waals surface area contributed by atoms with E-state index in [1.165, 1.54) is 6.07 Å². The van der Waals surface area contributed by atoms with E-state index in [-0.39, 0.29) is 5.56 Å². The lowest BCUT2D eigenvalue weighted by Crippen LogP contribution is -2.08. The van der Waals surface area contributed by atoms with E-state index in [4.69, 9.17) is 0 Å². The largest absolute Gasteiger partial charge is 0.270 e. The number of benzene rings is 1. The van der Waals surface area contributed by atoms with Crippen LogP contribution in [-0.4, -0.2) is 0 Å². The Balaban J connectivity index is 3.23. The highest BCUT2D eigenvalue weighted by Gasteiger charge is 2.26. The summed E-state index contributed by atoms with van der Waals surface area (Å²) in [5.74, 6) is -2.76. The van der Waals surface area contributed by atoms with Crippen LogP contribution in [0.4, 0.5) is 8.78 Å². The summed E-state index contributed by atoms with van der Waals surface area (Å²) in [4.78, 5) is 0. The molecule has 0 atom stereocenters. The van der Waals surface area contributed by atoms with E-state index in [2.05, 4.69) is 15.9 Å². The van der Waals surface area contributed by atoms with Gasteiger partial charge in [-0.05, 0) is 24.6 Å². The third kappa shape index (κ3) is 2.03. The van der Waals surface area contributed by atoms with Gasteiger partial charge in [-0.1, -0.05) is 22.0 Å². The molecule has 0 N–H and O–H groups in total. The summed E-state index contributed by atoms with van der Waals surface area (Å²) >= 11 is 3.16. The zero-order valence-electron chi connectivity index (χ0n) is 6.87. The van der Waals surface area contributed by atoms with Crippen LogP contribution in [0.2, 0.25) is 0 Å². The second-order valence-electron chi connectivity index (χ2n) is 2.85. The smallest absolute Gasteiger partial charge is 0.202 e. The fourth-order valence-corrected chi connectivity index (χ4v) is 1.43. The Hall–Kier alpha value is -0.440. The molecule has 0 bridgehead atoms. The van der Waals surface area contributed by atoms with Gasteiger partial charge < -0.3 is 0 Å². The molecule has 1 aromatic rings. The lowest BCUT2D eigenvalue weighted by atomic mass is 10.0. The van der Waals surface area contributed by atoms with E-state index in [0.29, 0.717) is 10.0 Å². The predicted molar refractivity (Wildman–Crippen MR) is 48.4 cm³/mol. The van der Waals surface area contributed by atoms with Crippen molar-refractivity contribution >= 4 is 15.9 Å². The molecular weight excluding hydrogens is 226 g/mol. The maximum Gasteiger partial charge on any atom is 0.270 e. The van der Waals surface area contributed by atoms with Gasteiger partial charge in [0.05, 0.1) is 0 Å². The normalized spacial score (nSPS) is 11.8. The molecule has 0 saturated heterocycles. The highest BCUT2D eigenvalue weighted by molar-refractivity contribution is 9.10. The van der Waals surface area contributed by atoms with Crippen LogP contribution in [0, 0.1) is 6.92 Å². The van der Waals surface area contributed by atoms with Crippen molar-refractivity contribution in [1.82, 2.24) is 0 Å². The SMILES string of the molecule is Cc1ccc(Br)cc1C(C)(F)F. The lowest BCUT2D eigenvalue weighted by molar-refractivity contribution is 0.0168. The second kappa shape index (κ2) is 3.13. The van der Waals surface area contributed by atoms with Crippen LogP contribution < -0.4 is 0 Å². The minimum Gasteiger partial charge on any atom is -0.202 e. The van der Waals surface area contributed by atoms with Crippen LogP contribution in [0.1, 0.15) is 18.1 Å². The number of hydrogen-bond acceptors (Lipinski definition) is 0. The number of alkyl halides is 2. The summed E-state index contributed by atoms with van der Waals surface area (Å²) < 4.78 is 26.4. The number of hydrogen-bond donors (Lipinski definition) is 0. The van der Waals surface area contributed by atoms with Crippen molar-refractivity contribution in [1.29, 1.82) is 0 Å². The van der Waals surface area contributed by atoms with Crippen LogP contribution in [0.25, 0.3) is 0 Å². The number of halogens is 3. The highest BCUT2D eigenvalue weighted by Crippen LogP contribution is 2.31. The zero-order valence-corrected chi connectivity index (χ0v) is 8.45. The van der Waals surface area contributed by atoms with Gasteiger partial charge in [0, 0.05) is 17.0 Å². The maximum atomic E-state index is 12.9. The quantitative estimate of drug-likeness (QED) is 0.693. The third-order valence-electron chi connectivity index (χ3n) is 1.67. The first kappa shape index (κ1) is 9.65. The van der Waals surface area contributed by atoms with Gasteiger partial charge in [-0.2, -0.15) is 0 Å². The van der Waals surface area contributed by atoms with Crippen molar-refractivity contribution in [2.75, 3.05) is 0 Å². The number of rotatable bonds is 1. The van der Waals surface area contributed by atoms with Crippen molar-refractivity contribution in [3.8, 4) is 0 Å². The second-order valence-corrected chi connectivity index (χ2v) is 3.76. The Morgan fingerprint density at radius 3 is 2.33 bits per heavy atom. The first-order valence-electron chi connectivity index (χ1n) is 3.55. The topological polar surface area (TPSA) is 0 Å². The average molecular weight is 235 g/mol. The first-order chi connectivity index (χ1) is 5.41. The van der Waals surface area contributed by atoms with Crippen molar-refractivity contribution in [3.05, 3.63) is 33.8 Å². The standard InChI is InChI=1S/C9H9BrF2/c1-6-3-4-7(10)5-8(6)9(2,11)12/h3-5H,1-2H3. The molecule has 0 radical (unpaired) electrons. The van der Waals surface area contributed by atoms with Gasteiger partial charge in [-0.15, -0.1) is 0 Å². The van der Waals surface area contributed by atoms with Gasteiger partial charge >= 0.3 is 0 Å². The van der Waals surface area contributed by atoms with Crippen molar-refractivity contribution in [2.45, 2.75) is 19.8 Å². The molecule has 0 aliphatic rings. The van der Waals surface area contributed by atoms with Gasteiger partial charge in [-0.3, -0.25) is 0 Å². The molecular formula is C9H9BrF2. The van der Waals surface area contributed by atoms with Crippen molar-refractivity contribution < 1.29 is 8.78 Å². The van der Waals surface area contributed by atoms with Crippen molar-refractivity contribution in [2.24, 2.45) is 0 Å². The third-order valence-corrected chi connectivity index (χ3v) is 2.17. The summed E-state index contributed by atoms with van der Waals surface area (Å²) in [5, 5.41) is 0. The van der Waals surface area contributed by atoms with E-state index >= 15 is 0 Å². The molecule has 0 saturated carbocycles. The van der Waals surface area contributed by atoms with Gasteiger partial charge in [-0.25, -0.2) is 8.78 Å². The summed E-state index contributed by atoms with van der Waals surface area (Å²) in [6.45, 7) is 2.58. The van der Waals surface area contributed by atoms with Crippen LogP contribution in [-0.2, 0) is 5.92 Å². The molecule has 12 heavy (non-hydrogen) atoms. The Morgan fingerprint density at radius 1 is 1.33 bits per heavy atom.